The minimum atomic E-state index is 0.192. The number of hydrogen-bond donors (Lipinski definition) is 1. The first-order valence-corrected chi connectivity index (χ1v) is 10.1. The molecule has 1 atom stereocenters. The van der Waals surface area contributed by atoms with Crippen LogP contribution in [-0.2, 0) is 10.5 Å². The zero-order chi connectivity index (χ0) is 17.8. The number of nitrogens with one attached hydrogen (secondary N) is 1. The van der Waals surface area contributed by atoms with Gasteiger partial charge in [-0.3, -0.25) is 0 Å². The molecule has 0 saturated heterocycles. The zero-order valence-corrected chi connectivity index (χ0v) is 16.6. The smallest absolute Gasteiger partial charge is 0.142 e. The van der Waals surface area contributed by atoms with Crippen molar-refractivity contribution in [2.24, 2.45) is 0 Å². The summed E-state index contributed by atoms with van der Waals surface area (Å²) in [4.78, 5) is 13.2. The number of methoxy groups -OCH3 is 1. The summed E-state index contributed by atoms with van der Waals surface area (Å²) in [6, 6.07) is 10.6. The van der Waals surface area contributed by atoms with E-state index >= 15 is 0 Å². The highest BCUT2D eigenvalue weighted by Gasteiger charge is 2.16. The van der Waals surface area contributed by atoms with Gasteiger partial charge in [0.05, 0.1) is 17.7 Å². The average Bonchev–Trinajstić information content (AvgIpc) is 2.88. The lowest BCUT2D eigenvalue weighted by Gasteiger charge is -2.15. The number of fused-ring (bicyclic) bond motifs is 1. The van der Waals surface area contributed by atoms with Crippen molar-refractivity contribution in [1.82, 2.24) is 9.97 Å². The Morgan fingerprint density at radius 2 is 1.96 bits per heavy atom. The summed E-state index contributed by atoms with van der Waals surface area (Å²) in [5.41, 5.74) is 1.26. The van der Waals surface area contributed by atoms with Crippen LogP contribution >= 0.6 is 23.1 Å². The van der Waals surface area contributed by atoms with E-state index in [1.165, 1.54) is 15.3 Å². The van der Waals surface area contributed by atoms with Crippen LogP contribution in [0.15, 0.2) is 35.2 Å². The van der Waals surface area contributed by atoms with Gasteiger partial charge in [0.1, 0.15) is 16.5 Å². The number of benzene rings is 1. The van der Waals surface area contributed by atoms with Crippen molar-refractivity contribution in [3.05, 3.63) is 46.6 Å². The van der Waals surface area contributed by atoms with Crippen molar-refractivity contribution in [3.63, 3.8) is 0 Å². The van der Waals surface area contributed by atoms with Crippen LogP contribution in [0.2, 0.25) is 0 Å². The molecule has 0 fully saturated rings. The number of nitrogens with zero attached hydrogens (tertiary/aromatic N) is 2. The summed E-state index contributed by atoms with van der Waals surface area (Å²) >= 11 is 3.50. The van der Waals surface area contributed by atoms with E-state index in [4.69, 9.17) is 14.7 Å². The highest BCUT2D eigenvalue weighted by Crippen LogP contribution is 2.34. The number of ether oxygens (including phenoxy) is 1. The maximum Gasteiger partial charge on any atom is 0.142 e. The van der Waals surface area contributed by atoms with Gasteiger partial charge < -0.3 is 10.1 Å². The van der Waals surface area contributed by atoms with E-state index in [2.05, 4.69) is 50.4 Å². The largest absolute Gasteiger partial charge is 0.383 e. The molecule has 132 valence electrons. The summed E-state index contributed by atoms with van der Waals surface area (Å²) in [5, 5.41) is 4.64. The summed E-state index contributed by atoms with van der Waals surface area (Å²) in [6.07, 6.45) is 0. The average molecular weight is 374 g/mol. The molecule has 0 aliphatic heterocycles. The van der Waals surface area contributed by atoms with Crippen molar-refractivity contribution in [1.29, 1.82) is 0 Å². The van der Waals surface area contributed by atoms with Crippen LogP contribution < -0.4 is 5.32 Å². The molecule has 2 heterocycles. The van der Waals surface area contributed by atoms with Gasteiger partial charge in [-0.1, -0.05) is 18.2 Å². The molecule has 0 aliphatic rings. The molecule has 3 aromatic rings. The molecular formula is C19H23N3OS2. The fraction of sp³-hybridized carbons (Fsp3) is 0.368. The lowest BCUT2D eigenvalue weighted by Crippen LogP contribution is -2.22. The second-order valence-corrected chi connectivity index (χ2v) is 8.31. The van der Waals surface area contributed by atoms with Gasteiger partial charge in [0, 0.05) is 22.9 Å². The number of aromatic nitrogens is 2. The Bertz CT molecular complexity index is 849. The maximum absolute atomic E-state index is 5.25. The third-order valence-electron chi connectivity index (χ3n) is 3.99. The molecule has 0 radical (unpaired) electrons. The number of thioether (sulfide) groups is 1. The maximum atomic E-state index is 5.25. The molecule has 4 nitrogen and oxygen atoms in total. The van der Waals surface area contributed by atoms with E-state index in [0.29, 0.717) is 6.61 Å². The molecule has 0 aliphatic carbocycles. The number of hydrogen-bond acceptors (Lipinski definition) is 6. The minimum absolute atomic E-state index is 0.192. The Balaban J connectivity index is 1.91. The van der Waals surface area contributed by atoms with Crippen molar-refractivity contribution in [3.8, 4) is 0 Å². The SMILES string of the molecule is COC[C@H](C)Nc1nc(CSc2ccccc2)nc2sc(C)c(C)c12. The van der Waals surface area contributed by atoms with Gasteiger partial charge in [-0.15, -0.1) is 23.1 Å². The molecule has 0 saturated carbocycles. The normalized spacial score (nSPS) is 12.5. The van der Waals surface area contributed by atoms with E-state index in [-0.39, 0.29) is 6.04 Å². The van der Waals surface area contributed by atoms with Crippen LogP contribution in [-0.4, -0.2) is 29.7 Å². The fourth-order valence-electron chi connectivity index (χ4n) is 2.65. The van der Waals surface area contributed by atoms with Crippen LogP contribution in [0.25, 0.3) is 10.2 Å². The Morgan fingerprint density at radius 1 is 1.20 bits per heavy atom. The highest BCUT2D eigenvalue weighted by atomic mass is 32.2. The summed E-state index contributed by atoms with van der Waals surface area (Å²) in [5.74, 6) is 2.53. The quantitative estimate of drug-likeness (QED) is 0.587. The van der Waals surface area contributed by atoms with Crippen LogP contribution in [0.5, 0.6) is 0 Å². The van der Waals surface area contributed by atoms with Crippen molar-refractivity contribution < 1.29 is 4.74 Å². The van der Waals surface area contributed by atoms with Crippen LogP contribution in [0.4, 0.5) is 5.82 Å². The van der Waals surface area contributed by atoms with E-state index < -0.39 is 0 Å². The Kier molecular flexibility index (Phi) is 5.93. The van der Waals surface area contributed by atoms with Gasteiger partial charge in [-0.2, -0.15) is 0 Å². The van der Waals surface area contributed by atoms with Crippen LogP contribution in [0, 0.1) is 13.8 Å². The second-order valence-electron chi connectivity index (χ2n) is 6.05. The summed E-state index contributed by atoms with van der Waals surface area (Å²) < 4.78 is 5.25. The fourth-order valence-corrected chi connectivity index (χ4v) is 4.47. The zero-order valence-electron chi connectivity index (χ0n) is 15.0. The molecule has 1 aromatic carbocycles. The molecule has 6 heteroatoms. The van der Waals surface area contributed by atoms with E-state index in [1.807, 2.05) is 6.07 Å². The predicted octanol–water partition coefficient (Wildman–Crippen LogP) is 5.05. The Morgan fingerprint density at radius 3 is 2.68 bits per heavy atom. The van der Waals surface area contributed by atoms with E-state index in [0.717, 1.165) is 27.6 Å². The molecule has 0 bridgehead atoms. The lowest BCUT2D eigenvalue weighted by molar-refractivity contribution is 0.190. The first-order chi connectivity index (χ1) is 12.1. The van der Waals surface area contributed by atoms with Crippen molar-refractivity contribution in [2.75, 3.05) is 19.0 Å². The van der Waals surface area contributed by atoms with Gasteiger partial charge in [0.25, 0.3) is 0 Å². The Hall–Kier alpha value is -1.63. The van der Waals surface area contributed by atoms with Gasteiger partial charge in [-0.25, -0.2) is 9.97 Å². The first-order valence-electron chi connectivity index (χ1n) is 8.28. The van der Waals surface area contributed by atoms with Crippen LogP contribution in [0.1, 0.15) is 23.2 Å². The van der Waals surface area contributed by atoms with Gasteiger partial charge >= 0.3 is 0 Å². The van der Waals surface area contributed by atoms with Crippen molar-refractivity contribution in [2.45, 2.75) is 37.5 Å². The van der Waals surface area contributed by atoms with Gasteiger partial charge in [0.15, 0.2) is 0 Å². The lowest BCUT2D eigenvalue weighted by atomic mass is 10.2. The standard InChI is InChI=1S/C19H23N3OS2/c1-12(10-23-4)20-18-17-13(2)14(3)25-19(17)22-16(21-18)11-24-15-8-6-5-7-9-15/h5-9,12H,10-11H2,1-4H3,(H,20,21,22)/t12-/m0/s1. The van der Waals surface area contributed by atoms with E-state index in [1.54, 1.807) is 30.2 Å². The molecular weight excluding hydrogens is 350 g/mol. The Labute approximate surface area is 157 Å². The number of aryl methyl sites for hydroxylation is 2. The monoisotopic (exact) mass is 373 g/mol. The third kappa shape index (κ3) is 4.32. The molecule has 1 N–H and O–H groups in total. The molecule has 0 unspecified atom stereocenters. The predicted molar refractivity (Wildman–Crippen MR) is 108 cm³/mol. The van der Waals surface area contributed by atoms with Gasteiger partial charge in [0.2, 0.25) is 0 Å². The molecule has 0 amide bonds. The van der Waals surface area contributed by atoms with E-state index in [9.17, 15) is 0 Å². The topological polar surface area (TPSA) is 47.0 Å². The molecule has 0 spiro atoms. The molecule has 3 rings (SSSR count). The number of rotatable bonds is 7. The molecule has 2 aromatic heterocycles. The minimum Gasteiger partial charge on any atom is -0.383 e. The van der Waals surface area contributed by atoms with Crippen molar-refractivity contribution >= 4 is 39.1 Å². The highest BCUT2D eigenvalue weighted by molar-refractivity contribution is 7.98. The molecule has 25 heavy (non-hydrogen) atoms. The summed E-state index contributed by atoms with van der Waals surface area (Å²) in [7, 11) is 1.72. The first kappa shape index (κ1) is 18.2. The number of thiophene rings is 1. The van der Waals surface area contributed by atoms with Crippen LogP contribution in [0.3, 0.4) is 0 Å². The van der Waals surface area contributed by atoms with Gasteiger partial charge in [-0.05, 0) is 38.5 Å². The summed E-state index contributed by atoms with van der Waals surface area (Å²) in [6.45, 7) is 7.02. The third-order valence-corrected chi connectivity index (χ3v) is 6.10. The second kappa shape index (κ2) is 8.17. The number of anilines is 1.